The monoisotopic (exact) mass is 253 g/mol. The van der Waals surface area contributed by atoms with E-state index in [0.29, 0.717) is 12.0 Å². The van der Waals surface area contributed by atoms with Crippen LogP contribution in [0.3, 0.4) is 0 Å². The van der Waals surface area contributed by atoms with Crippen LogP contribution in [0.2, 0.25) is 0 Å². The molecule has 0 spiro atoms. The van der Waals surface area contributed by atoms with Gasteiger partial charge in [0.2, 0.25) is 5.89 Å². The maximum absolute atomic E-state index is 5.32. The molecule has 0 aliphatic carbocycles. The summed E-state index contributed by atoms with van der Waals surface area (Å²) in [6.07, 6.45) is 2.78. The van der Waals surface area contributed by atoms with Crippen LogP contribution in [0.15, 0.2) is 4.52 Å². The summed E-state index contributed by atoms with van der Waals surface area (Å²) in [4.78, 5) is 4.47. The molecule has 4 heteroatoms. The molecule has 0 amide bonds. The fraction of sp³-hybridized carbons (Fsp3) is 0.857. The van der Waals surface area contributed by atoms with Crippen LogP contribution >= 0.6 is 0 Å². The molecule has 0 saturated carbocycles. The van der Waals surface area contributed by atoms with Gasteiger partial charge in [0.15, 0.2) is 5.82 Å². The lowest BCUT2D eigenvalue weighted by atomic mass is 9.92. The van der Waals surface area contributed by atoms with Gasteiger partial charge in [0.05, 0.1) is 0 Å². The molecule has 1 heterocycles. The summed E-state index contributed by atoms with van der Waals surface area (Å²) < 4.78 is 5.32. The molecule has 0 saturated heterocycles. The van der Waals surface area contributed by atoms with Gasteiger partial charge >= 0.3 is 0 Å². The second kappa shape index (κ2) is 6.32. The minimum atomic E-state index is 0.196. The van der Waals surface area contributed by atoms with E-state index < -0.39 is 0 Å². The van der Waals surface area contributed by atoms with Crippen LogP contribution in [-0.4, -0.2) is 23.2 Å². The van der Waals surface area contributed by atoms with E-state index in [9.17, 15) is 0 Å². The molecule has 1 N–H and O–H groups in total. The second-order valence-corrected chi connectivity index (χ2v) is 6.66. The fourth-order valence-electron chi connectivity index (χ4n) is 2.00. The molecule has 4 nitrogen and oxygen atoms in total. The SMILES string of the molecule is CNC(Cc1nc(CC(C)(C)C)no1)CC(C)C. The third-order valence-corrected chi connectivity index (χ3v) is 2.78. The van der Waals surface area contributed by atoms with Crippen molar-refractivity contribution in [1.82, 2.24) is 15.5 Å². The van der Waals surface area contributed by atoms with Gasteiger partial charge in [0.25, 0.3) is 0 Å². The molecule has 0 aliphatic rings. The summed E-state index contributed by atoms with van der Waals surface area (Å²) in [6.45, 7) is 11.0. The average Bonchev–Trinajstić information content (AvgIpc) is 2.61. The van der Waals surface area contributed by atoms with Gasteiger partial charge in [-0.1, -0.05) is 39.8 Å². The van der Waals surface area contributed by atoms with E-state index in [4.69, 9.17) is 4.52 Å². The molecule has 1 aromatic heterocycles. The van der Waals surface area contributed by atoms with E-state index in [1.807, 2.05) is 7.05 Å². The Morgan fingerprint density at radius 3 is 2.44 bits per heavy atom. The molecule has 0 fully saturated rings. The predicted octanol–water partition coefficient (Wildman–Crippen LogP) is 2.83. The highest BCUT2D eigenvalue weighted by Gasteiger charge is 2.18. The predicted molar refractivity (Wildman–Crippen MR) is 73.5 cm³/mol. The van der Waals surface area contributed by atoms with Gasteiger partial charge in [-0.2, -0.15) is 4.98 Å². The van der Waals surface area contributed by atoms with Crippen molar-refractivity contribution in [2.24, 2.45) is 11.3 Å². The summed E-state index contributed by atoms with van der Waals surface area (Å²) in [6, 6.07) is 0.410. The Balaban J connectivity index is 2.57. The van der Waals surface area contributed by atoms with Gasteiger partial charge < -0.3 is 9.84 Å². The van der Waals surface area contributed by atoms with E-state index in [2.05, 4.69) is 50.1 Å². The van der Waals surface area contributed by atoms with Crippen molar-refractivity contribution in [3.63, 3.8) is 0 Å². The molecule has 1 rings (SSSR count). The van der Waals surface area contributed by atoms with Crippen molar-refractivity contribution in [3.8, 4) is 0 Å². The van der Waals surface area contributed by atoms with Gasteiger partial charge in [-0.05, 0) is 24.8 Å². The van der Waals surface area contributed by atoms with Crippen LogP contribution in [0.4, 0.5) is 0 Å². The van der Waals surface area contributed by atoms with Crippen molar-refractivity contribution in [3.05, 3.63) is 11.7 Å². The lowest BCUT2D eigenvalue weighted by molar-refractivity contribution is 0.335. The van der Waals surface area contributed by atoms with Crippen LogP contribution in [0.25, 0.3) is 0 Å². The number of hydrogen-bond donors (Lipinski definition) is 1. The van der Waals surface area contributed by atoms with E-state index >= 15 is 0 Å². The zero-order chi connectivity index (χ0) is 13.8. The third-order valence-electron chi connectivity index (χ3n) is 2.78. The first-order chi connectivity index (χ1) is 8.30. The summed E-state index contributed by atoms with van der Waals surface area (Å²) in [5.41, 5.74) is 0.196. The second-order valence-electron chi connectivity index (χ2n) is 6.66. The van der Waals surface area contributed by atoms with Crippen molar-refractivity contribution < 1.29 is 4.52 Å². The first kappa shape index (κ1) is 15.2. The number of nitrogens with zero attached hydrogens (tertiary/aromatic N) is 2. The Kier molecular flexibility index (Phi) is 5.32. The largest absolute Gasteiger partial charge is 0.339 e. The maximum Gasteiger partial charge on any atom is 0.228 e. The molecule has 104 valence electrons. The van der Waals surface area contributed by atoms with Gasteiger partial charge in [0.1, 0.15) is 0 Å². The molecule has 0 aliphatic heterocycles. The summed E-state index contributed by atoms with van der Waals surface area (Å²) >= 11 is 0. The smallest absolute Gasteiger partial charge is 0.228 e. The maximum atomic E-state index is 5.32. The Bertz CT molecular complexity index is 352. The van der Waals surface area contributed by atoms with Gasteiger partial charge in [0, 0.05) is 18.9 Å². The Morgan fingerprint density at radius 2 is 1.94 bits per heavy atom. The molecule has 0 bridgehead atoms. The first-order valence-electron chi connectivity index (χ1n) is 6.79. The lowest BCUT2D eigenvalue weighted by Gasteiger charge is -2.16. The minimum absolute atomic E-state index is 0.196. The lowest BCUT2D eigenvalue weighted by Crippen LogP contribution is -2.29. The van der Waals surface area contributed by atoms with Crippen LogP contribution < -0.4 is 5.32 Å². The third kappa shape index (κ3) is 5.63. The number of hydrogen-bond acceptors (Lipinski definition) is 4. The van der Waals surface area contributed by atoms with Crippen LogP contribution in [0.5, 0.6) is 0 Å². The number of likely N-dealkylation sites (N-methyl/N-ethyl adjacent to an activating group) is 1. The summed E-state index contributed by atoms with van der Waals surface area (Å²) in [5, 5.41) is 7.37. The minimum Gasteiger partial charge on any atom is -0.339 e. The van der Waals surface area contributed by atoms with E-state index in [1.54, 1.807) is 0 Å². The number of aromatic nitrogens is 2. The highest BCUT2D eigenvalue weighted by Crippen LogP contribution is 2.19. The molecule has 1 atom stereocenters. The van der Waals surface area contributed by atoms with Crippen molar-refractivity contribution >= 4 is 0 Å². The number of nitrogens with one attached hydrogen (secondary N) is 1. The quantitative estimate of drug-likeness (QED) is 0.847. The van der Waals surface area contributed by atoms with E-state index in [0.717, 1.165) is 31.0 Å². The van der Waals surface area contributed by atoms with Gasteiger partial charge in [-0.25, -0.2) is 0 Å². The van der Waals surface area contributed by atoms with E-state index in [-0.39, 0.29) is 5.41 Å². The fourth-order valence-corrected chi connectivity index (χ4v) is 2.00. The Hall–Kier alpha value is -0.900. The molecule has 1 unspecified atom stereocenters. The molecule has 18 heavy (non-hydrogen) atoms. The molecular formula is C14H27N3O. The normalized spacial score (nSPS) is 14.2. The van der Waals surface area contributed by atoms with Crippen LogP contribution in [0, 0.1) is 11.3 Å². The zero-order valence-electron chi connectivity index (χ0n) is 12.6. The molecule has 0 radical (unpaired) electrons. The summed E-state index contributed by atoms with van der Waals surface area (Å²) in [7, 11) is 1.99. The van der Waals surface area contributed by atoms with Crippen molar-refractivity contribution in [2.75, 3.05) is 7.05 Å². The highest BCUT2D eigenvalue weighted by atomic mass is 16.5. The Morgan fingerprint density at radius 1 is 1.28 bits per heavy atom. The topological polar surface area (TPSA) is 51.0 Å². The summed E-state index contributed by atoms with van der Waals surface area (Å²) in [5.74, 6) is 2.23. The Labute approximate surface area is 111 Å². The van der Waals surface area contributed by atoms with E-state index in [1.165, 1.54) is 0 Å². The molecular weight excluding hydrogens is 226 g/mol. The molecule has 1 aromatic rings. The average molecular weight is 253 g/mol. The van der Waals surface area contributed by atoms with Crippen molar-refractivity contribution in [2.45, 2.75) is 59.9 Å². The zero-order valence-corrected chi connectivity index (χ0v) is 12.6. The standard InChI is InChI=1S/C14H27N3O/c1-10(2)7-11(15-6)8-13-16-12(17-18-13)9-14(3,4)5/h10-11,15H,7-9H2,1-6H3. The van der Waals surface area contributed by atoms with Gasteiger partial charge in [-0.3, -0.25) is 0 Å². The first-order valence-corrected chi connectivity index (χ1v) is 6.79. The number of rotatable bonds is 6. The van der Waals surface area contributed by atoms with Crippen LogP contribution in [-0.2, 0) is 12.8 Å². The van der Waals surface area contributed by atoms with Gasteiger partial charge in [-0.15, -0.1) is 0 Å². The van der Waals surface area contributed by atoms with Crippen LogP contribution in [0.1, 0.15) is 52.8 Å². The molecule has 0 aromatic carbocycles. The van der Waals surface area contributed by atoms with Crippen molar-refractivity contribution in [1.29, 1.82) is 0 Å². The highest BCUT2D eigenvalue weighted by molar-refractivity contribution is 4.92.